The van der Waals surface area contributed by atoms with Gasteiger partial charge in [0.2, 0.25) is 5.91 Å². The molecule has 0 radical (unpaired) electrons. The van der Waals surface area contributed by atoms with E-state index in [0.29, 0.717) is 28.6 Å². The average Bonchev–Trinajstić information content (AvgIpc) is 3.58. The van der Waals surface area contributed by atoms with Crippen LogP contribution in [0.5, 0.6) is 11.5 Å². The highest BCUT2D eigenvalue weighted by molar-refractivity contribution is 6.42. The zero-order chi connectivity index (χ0) is 24.8. The van der Waals surface area contributed by atoms with E-state index in [-0.39, 0.29) is 30.2 Å². The van der Waals surface area contributed by atoms with E-state index >= 15 is 0 Å². The van der Waals surface area contributed by atoms with E-state index in [2.05, 4.69) is 10.2 Å². The number of carbonyl (C=O) groups excluding carboxylic acids is 1. The van der Waals surface area contributed by atoms with Crippen LogP contribution in [0.15, 0.2) is 30.3 Å². The highest BCUT2D eigenvalue weighted by Gasteiger charge is 2.73. The van der Waals surface area contributed by atoms with Crippen molar-refractivity contribution >= 4 is 29.1 Å². The van der Waals surface area contributed by atoms with Crippen molar-refractivity contribution in [1.82, 2.24) is 10.2 Å². The monoisotopic (exact) mass is 528 g/mol. The van der Waals surface area contributed by atoms with Crippen molar-refractivity contribution in [1.29, 1.82) is 0 Å². The summed E-state index contributed by atoms with van der Waals surface area (Å²) in [6.45, 7) is 1.93. The molecule has 2 saturated carbocycles. The van der Waals surface area contributed by atoms with Crippen LogP contribution in [0.3, 0.4) is 0 Å². The lowest BCUT2D eigenvalue weighted by atomic mass is 9.48. The Morgan fingerprint density at radius 3 is 2.75 bits per heavy atom. The van der Waals surface area contributed by atoms with Crippen LogP contribution in [-0.2, 0) is 23.1 Å². The molecule has 2 aromatic rings. The summed E-state index contributed by atoms with van der Waals surface area (Å²) in [7, 11) is 0. The molecule has 5 aliphatic rings. The van der Waals surface area contributed by atoms with Crippen molar-refractivity contribution < 1.29 is 19.7 Å². The minimum absolute atomic E-state index is 0.0220. The molecule has 0 aromatic heterocycles. The Balaban J connectivity index is 1.22. The molecule has 6 nitrogen and oxygen atoms in total. The number of carbonyl (C=O) groups is 1. The summed E-state index contributed by atoms with van der Waals surface area (Å²) in [6, 6.07) is 8.69. The number of aliphatic hydroxyl groups is 1. The predicted octanol–water partition coefficient (Wildman–Crippen LogP) is 3.99. The Morgan fingerprint density at radius 2 is 1.97 bits per heavy atom. The molecule has 2 unspecified atom stereocenters. The Labute approximate surface area is 220 Å². The summed E-state index contributed by atoms with van der Waals surface area (Å²) in [5.41, 5.74) is 1.32. The topological polar surface area (TPSA) is 82.0 Å². The van der Waals surface area contributed by atoms with Gasteiger partial charge in [-0.2, -0.15) is 0 Å². The maximum atomic E-state index is 13.1. The number of likely N-dealkylation sites (tertiary alicyclic amines) is 1. The number of aromatic hydroxyl groups is 1. The molecule has 2 aliphatic heterocycles. The molecule has 8 heteroatoms. The number of ether oxygens (including phenoxy) is 1. The maximum absolute atomic E-state index is 13.1. The minimum atomic E-state index is -0.957. The molecule has 7 rings (SSSR count). The summed E-state index contributed by atoms with van der Waals surface area (Å²) in [5.74, 6) is 1.23. The molecule has 2 bridgehead atoms. The first-order valence-electron chi connectivity index (χ1n) is 13.0. The number of halogens is 2. The number of phenols is 1. The quantitative estimate of drug-likeness (QED) is 0.546. The van der Waals surface area contributed by atoms with Crippen LogP contribution >= 0.6 is 23.2 Å². The van der Waals surface area contributed by atoms with E-state index in [1.54, 1.807) is 24.3 Å². The third-order valence-electron chi connectivity index (χ3n) is 9.46. The molecule has 3 aliphatic carbocycles. The van der Waals surface area contributed by atoms with E-state index in [9.17, 15) is 15.0 Å². The van der Waals surface area contributed by atoms with Gasteiger partial charge >= 0.3 is 0 Å². The van der Waals surface area contributed by atoms with E-state index in [1.165, 1.54) is 12.8 Å². The highest BCUT2D eigenvalue weighted by Crippen LogP contribution is 2.65. The third kappa shape index (κ3) is 3.20. The molecule has 2 heterocycles. The van der Waals surface area contributed by atoms with Gasteiger partial charge in [0.05, 0.1) is 33.5 Å². The number of nitrogens with zero attached hydrogens (tertiary/aromatic N) is 1. The molecule has 5 atom stereocenters. The molecule has 36 heavy (non-hydrogen) atoms. The highest BCUT2D eigenvalue weighted by atomic mass is 35.5. The molecule has 1 saturated heterocycles. The molecule has 2 aromatic carbocycles. The average molecular weight is 529 g/mol. The molecule has 1 amide bonds. The number of nitrogens with one attached hydrogen (secondary N) is 1. The van der Waals surface area contributed by atoms with Crippen LogP contribution in [0.4, 0.5) is 0 Å². The minimum Gasteiger partial charge on any atom is -0.504 e. The lowest BCUT2D eigenvalue weighted by Gasteiger charge is -2.64. The summed E-state index contributed by atoms with van der Waals surface area (Å²) < 4.78 is 6.52. The first-order valence-corrected chi connectivity index (χ1v) is 13.8. The van der Waals surface area contributed by atoms with Crippen LogP contribution in [0.2, 0.25) is 10.0 Å². The van der Waals surface area contributed by atoms with E-state index in [0.717, 1.165) is 48.5 Å². The van der Waals surface area contributed by atoms with Crippen molar-refractivity contribution in [2.75, 3.05) is 13.1 Å². The van der Waals surface area contributed by atoms with Crippen LogP contribution in [0, 0.1) is 5.92 Å². The summed E-state index contributed by atoms with van der Waals surface area (Å²) in [5, 5.41) is 27.4. The van der Waals surface area contributed by atoms with Crippen molar-refractivity contribution in [3.8, 4) is 11.5 Å². The number of phenolic OH excluding ortho intramolecular Hbond substituents is 1. The molecule has 3 fully saturated rings. The fourth-order valence-corrected chi connectivity index (χ4v) is 8.04. The predicted molar refractivity (Wildman–Crippen MR) is 137 cm³/mol. The summed E-state index contributed by atoms with van der Waals surface area (Å²) in [4.78, 5) is 15.6. The number of hydrogen-bond donors (Lipinski definition) is 3. The summed E-state index contributed by atoms with van der Waals surface area (Å²) >= 11 is 12.2. The van der Waals surface area contributed by atoms with Crippen molar-refractivity contribution in [3.05, 3.63) is 57.1 Å². The second kappa shape index (κ2) is 8.00. The second-order valence-electron chi connectivity index (χ2n) is 11.4. The molecule has 3 N–H and O–H groups in total. The molecular formula is C28H30Cl2N2O4. The first kappa shape index (κ1) is 23.2. The standard InChI is InChI=1S/C28H30Cl2N2O4/c29-18-5-3-16(11-19(18)30)12-23(34)31-20-7-8-28(35)22-13-17-4-6-21(33)25-24(17)27(28,26(20)36-25)9-10-32(22)14-15-1-2-15/h3-6,11,15,20,22,26,33,35H,1-2,7-10,12-14H2,(H,31,34)/t20?,22-,26?,27+,28-/m1/s1. The summed E-state index contributed by atoms with van der Waals surface area (Å²) in [6.07, 6.45) is 5.03. The van der Waals surface area contributed by atoms with Crippen molar-refractivity contribution in [2.24, 2.45) is 5.92 Å². The van der Waals surface area contributed by atoms with Gasteiger partial charge in [0.25, 0.3) is 0 Å². The first-order chi connectivity index (χ1) is 17.3. The van der Waals surface area contributed by atoms with Gasteiger partial charge in [-0.3, -0.25) is 9.69 Å². The smallest absolute Gasteiger partial charge is 0.224 e. The van der Waals surface area contributed by atoms with Crippen LogP contribution < -0.4 is 10.1 Å². The second-order valence-corrected chi connectivity index (χ2v) is 12.2. The number of rotatable bonds is 5. The normalized spacial score (nSPS) is 34.1. The molecular weight excluding hydrogens is 499 g/mol. The number of benzene rings is 2. The van der Waals surface area contributed by atoms with E-state index in [4.69, 9.17) is 27.9 Å². The lowest BCUT2D eigenvalue weighted by molar-refractivity contribution is -0.192. The third-order valence-corrected chi connectivity index (χ3v) is 10.2. The Bertz CT molecular complexity index is 1270. The van der Waals surface area contributed by atoms with Gasteiger partial charge in [-0.15, -0.1) is 0 Å². The van der Waals surface area contributed by atoms with Crippen LogP contribution in [0.25, 0.3) is 0 Å². The van der Waals surface area contributed by atoms with Gasteiger partial charge in [-0.1, -0.05) is 35.3 Å². The number of hydrogen-bond acceptors (Lipinski definition) is 5. The Morgan fingerprint density at radius 1 is 1.14 bits per heavy atom. The fraction of sp³-hybridized carbons (Fsp3) is 0.536. The van der Waals surface area contributed by atoms with Crippen molar-refractivity contribution in [2.45, 2.75) is 74.1 Å². The van der Waals surface area contributed by atoms with E-state index < -0.39 is 17.1 Å². The molecule has 190 valence electrons. The van der Waals surface area contributed by atoms with Crippen LogP contribution in [0.1, 0.15) is 48.8 Å². The van der Waals surface area contributed by atoms with Crippen molar-refractivity contribution in [3.63, 3.8) is 0 Å². The SMILES string of the molecule is O=C(Cc1ccc(Cl)c(Cl)c1)NC1CC[C@@]2(O)[C@H]3Cc4ccc(O)c5c4[C@@]2(CCN3CC2CC2)C1O5. The lowest BCUT2D eigenvalue weighted by Crippen LogP contribution is -2.78. The van der Waals surface area contributed by atoms with Gasteiger partial charge in [0.15, 0.2) is 11.5 Å². The Kier molecular flexibility index (Phi) is 5.15. The Hall–Kier alpha value is -1.99. The largest absolute Gasteiger partial charge is 0.504 e. The number of amides is 1. The zero-order valence-electron chi connectivity index (χ0n) is 20.0. The maximum Gasteiger partial charge on any atom is 0.224 e. The zero-order valence-corrected chi connectivity index (χ0v) is 21.5. The van der Waals surface area contributed by atoms with Gasteiger partial charge in [-0.25, -0.2) is 0 Å². The fourth-order valence-electron chi connectivity index (χ4n) is 7.72. The van der Waals surface area contributed by atoms with Gasteiger partial charge in [-0.05, 0) is 80.3 Å². The van der Waals surface area contributed by atoms with Crippen LogP contribution in [-0.4, -0.2) is 57.9 Å². The molecule has 1 spiro atoms. The van der Waals surface area contributed by atoms with Gasteiger partial charge in [0.1, 0.15) is 6.10 Å². The van der Waals surface area contributed by atoms with Gasteiger partial charge in [0, 0.05) is 18.2 Å². The van der Waals surface area contributed by atoms with E-state index in [1.807, 2.05) is 6.07 Å². The number of piperidine rings is 1. The van der Waals surface area contributed by atoms with Gasteiger partial charge < -0.3 is 20.3 Å².